The van der Waals surface area contributed by atoms with Gasteiger partial charge in [-0.15, -0.1) is 11.3 Å². The highest BCUT2D eigenvalue weighted by atomic mass is 32.1. The molecular weight excluding hydrogens is 263 g/mol. The van der Waals surface area contributed by atoms with E-state index in [0.717, 1.165) is 11.3 Å². The summed E-state index contributed by atoms with van der Waals surface area (Å²) in [7, 11) is 0. The van der Waals surface area contributed by atoms with Gasteiger partial charge >= 0.3 is 0 Å². The van der Waals surface area contributed by atoms with Crippen LogP contribution in [0.1, 0.15) is 28.5 Å². The van der Waals surface area contributed by atoms with Crippen molar-refractivity contribution in [3.05, 3.63) is 57.7 Å². The van der Waals surface area contributed by atoms with Crippen molar-refractivity contribution in [1.82, 2.24) is 0 Å². The van der Waals surface area contributed by atoms with Crippen molar-refractivity contribution in [1.29, 1.82) is 0 Å². The van der Waals surface area contributed by atoms with E-state index in [1.807, 2.05) is 12.1 Å². The highest BCUT2D eigenvalue weighted by Gasteiger charge is 2.18. The molecule has 2 nitrogen and oxygen atoms in total. The van der Waals surface area contributed by atoms with Crippen molar-refractivity contribution in [2.75, 3.05) is 0 Å². The van der Waals surface area contributed by atoms with Crippen molar-refractivity contribution >= 4 is 22.3 Å². The summed E-state index contributed by atoms with van der Waals surface area (Å²) < 4.78 is 19.0. The molecule has 0 bridgehead atoms. The Morgan fingerprint density at radius 2 is 2.16 bits per heavy atom. The largest absolute Gasteiger partial charge is 0.455 e. The van der Waals surface area contributed by atoms with Crippen molar-refractivity contribution < 1.29 is 13.9 Å². The Hall–Kier alpha value is -1.65. The van der Waals surface area contributed by atoms with E-state index in [-0.39, 0.29) is 5.58 Å². The van der Waals surface area contributed by atoms with E-state index in [4.69, 9.17) is 4.42 Å². The lowest BCUT2D eigenvalue weighted by Crippen LogP contribution is -1.93. The molecule has 0 amide bonds. The van der Waals surface area contributed by atoms with Gasteiger partial charge in [-0.2, -0.15) is 0 Å². The number of aryl methyl sites for hydroxylation is 1. The molecule has 0 aliphatic heterocycles. The molecule has 1 aromatic carbocycles. The first kappa shape index (κ1) is 12.4. The molecule has 2 heterocycles. The first-order chi connectivity index (χ1) is 9.19. The molecule has 1 N–H and O–H groups in total. The third-order valence-corrected chi connectivity index (χ3v) is 4.37. The summed E-state index contributed by atoms with van der Waals surface area (Å²) in [6, 6.07) is 10.3. The summed E-state index contributed by atoms with van der Waals surface area (Å²) in [5.41, 5.74) is 0.198. The van der Waals surface area contributed by atoms with Crippen molar-refractivity contribution in [2.24, 2.45) is 0 Å². The molecule has 1 unspecified atom stereocenters. The van der Waals surface area contributed by atoms with E-state index >= 15 is 0 Å². The number of furan rings is 1. The number of halogens is 1. The van der Waals surface area contributed by atoms with Gasteiger partial charge in [0.05, 0.1) is 0 Å². The zero-order chi connectivity index (χ0) is 13.4. The highest BCUT2D eigenvalue weighted by Crippen LogP contribution is 2.32. The minimum Gasteiger partial charge on any atom is -0.455 e. The van der Waals surface area contributed by atoms with E-state index in [2.05, 4.69) is 6.92 Å². The van der Waals surface area contributed by atoms with Crippen LogP contribution in [0.4, 0.5) is 4.39 Å². The number of aliphatic hydroxyl groups is 1. The van der Waals surface area contributed by atoms with Gasteiger partial charge in [0.25, 0.3) is 0 Å². The molecule has 0 aliphatic rings. The summed E-state index contributed by atoms with van der Waals surface area (Å²) >= 11 is 1.55. The summed E-state index contributed by atoms with van der Waals surface area (Å²) in [4.78, 5) is 2.02. The third kappa shape index (κ3) is 2.17. The van der Waals surface area contributed by atoms with Crippen LogP contribution in [0.5, 0.6) is 0 Å². The summed E-state index contributed by atoms with van der Waals surface area (Å²) in [6.45, 7) is 2.07. The van der Waals surface area contributed by atoms with E-state index in [9.17, 15) is 9.50 Å². The summed E-state index contributed by atoms with van der Waals surface area (Å²) in [5, 5.41) is 11.0. The van der Waals surface area contributed by atoms with Gasteiger partial charge < -0.3 is 9.52 Å². The molecule has 4 heteroatoms. The van der Waals surface area contributed by atoms with E-state index in [1.54, 1.807) is 29.5 Å². The molecule has 3 aromatic rings. The minimum atomic E-state index is -0.836. The average molecular weight is 276 g/mol. The molecule has 0 fully saturated rings. The first-order valence-electron chi connectivity index (χ1n) is 6.13. The smallest absolute Gasteiger partial charge is 0.170 e. The third-order valence-electron chi connectivity index (χ3n) is 3.09. The van der Waals surface area contributed by atoms with Crippen LogP contribution in [0.2, 0.25) is 0 Å². The molecule has 0 saturated carbocycles. The average Bonchev–Trinajstić information content (AvgIpc) is 3.05. The van der Waals surface area contributed by atoms with Crippen LogP contribution >= 0.6 is 11.3 Å². The molecular formula is C15H13FO2S. The number of rotatable bonds is 3. The Bertz CT molecular complexity index is 714. The monoisotopic (exact) mass is 276 g/mol. The SMILES string of the molecule is CCc1ccc(C(O)c2cc3cccc(F)c3o2)s1. The zero-order valence-corrected chi connectivity index (χ0v) is 11.2. The van der Waals surface area contributed by atoms with E-state index < -0.39 is 11.9 Å². The quantitative estimate of drug-likeness (QED) is 0.774. The molecule has 1 atom stereocenters. The van der Waals surface area contributed by atoms with Crippen LogP contribution in [0, 0.1) is 5.82 Å². The molecule has 0 aliphatic carbocycles. The topological polar surface area (TPSA) is 33.4 Å². The number of aliphatic hydroxyl groups excluding tert-OH is 1. The maximum Gasteiger partial charge on any atom is 0.170 e. The van der Waals surface area contributed by atoms with Gasteiger partial charge in [0.1, 0.15) is 11.9 Å². The van der Waals surface area contributed by atoms with Crippen molar-refractivity contribution in [3.8, 4) is 0 Å². The minimum absolute atomic E-state index is 0.198. The Morgan fingerprint density at radius 3 is 2.84 bits per heavy atom. The van der Waals surface area contributed by atoms with Gasteiger partial charge in [-0.3, -0.25) is 0 Å². The summed E-state index contributed by atoms with van der Waals surface area (Å²) in [6.07, 6.45) is 0.101. The molecule has 2 aromatic heterocycles. The maximum atomic E-state index is 13.6. The van der Waals surface area contributed by atoms with Gasteiger partial charge in [-0.05, 0) is 30.7 Å². The van der Waals surface area contributed by atoms with Crippen LogP contribution in [-0.4, -0.2) is 5.11 Å². The number of thiophene rings is 1. The lowest BCUT2D eigenvalue weighted by molar-refractivity contribution is 0.195. The second-order valence-corrected chi connectivity index (χ2v) is 5.57. The van der Waals surface area contributed by atoms with Crippen LogP contribution in [-0.2, 0) is 6.42 Å². The standard InChI is InChI=1S/C15H13FO2S/c1-2-10-6-7-13(19-10)14(17)12-8-9-4-3-5-11(16)15(9)18-12/h3-8,14,17H,2H2,1H3. The zero-order valence-electron chi connectivity index (χ0n) is 10.4. The number of benzene rings is 1. The Balaban J connectivity index is 2.01. The van der Waals surface area contributed by atoms with E-state index in [0.29, 0.717) is 11.1 Å². The fourth-order valence-electron chi connectivity index (χ4n) is 2.05. The number of hydrogen-bond acceptors (Lipinski definition) is 3. The normalized spacial score (nSPS) is 13.0. The van der Waals surface area contributed by atoms with Gasteiger partial charge in [0.15, 0.2) is 11.4 Å². The predicted octanol–water partition coefficient (Wildman–Crippen LogP) is 4.28. The van der Waals surface area contributed by atoms with Crippen molar-refractivity contribution in [3.63, 3.8) is 0 Å². The van der Waals surface area contributed by atoms with Crippen LogP contribution in [0.15, 0.2) is 40.8 Å². The van der Waals surface area contributed by atoms with Gasteiger partial charge in [-0.1, -0.05) is 19.1 Å². The number of para-hydroxylation sites is 1. The molecule has 3 rings (SSSR count). The lowest BCUT2D eigenvalue weighted by atomic mass is 10.2. The van der Waals surface area contributed by atoms with Crippen LogP contribution in [0.3, 0.4) is 0 Å². The van der Waals surface area contributed by atoms with Crippen molar-refractivity contribution in [2.45, 2.75) is 19.4 Å². The van der Waals surface area contributed by atoms with Crippen LogP contribution < -0.4 is 0 Å². The first-order valence-corrected chi connectivity index (χ1v) is 6.95. The Kier molecular flexibility index (Phi) is 3.12. The number of hydrogen-bond donors (Lipinski definition) is 1. The molecule has 0 spiro atoms. The van der Waals surface area contributed by atoms with Crippen LogP contribution in [0.25, 0.3) is 11.0 Å². The fraction of sp³-hybridized carbons (Fsp3) is 0.200. The predicted molar refractivity (Wildman–Crippen MR) is 73.9 cm³/mol. The van der Waals surface area contributed by atoms with Gasteiger partial charge in [0.2, 0.25) is 0 Å². The molecule has 19 heavy (non-hydrogen) atoms. The maximum absolute atomic E-state index is 13.6. The Labute approximate surface area is 114 Å². The number of fused-ring (bicyclic) bond motifs is 1. The van der Waals surface area contributed by atoms with Gasteiger partial charge in [0, 0.05) is 15.1 Å². The lowest BCUT2D eigenvalue weighted by Gasteiger charge is -2.03. The fourth-order valence-corrected chi connectivity index (χ4v) is 3.00. The molecule has 98 valence electrons. The molecule has 0 radical (unpaired) electrons. The second kappa shape index (κ2) is 4.79. The van der Waals surface area contributed by atoms with E-state index in [1.165, 1.54) is 10.9 Å². The highest BCUT2D eigenvalue weighted by molar-refractivity contribution is 7.12. The second-order valence-electron chi connectivity index (χ2n) is 4.37. The Morgan fingerprint density at radius 1 is 1.32 bits per heavy atom. The molecule has 0 saturated heterocycles. The summed E-state index contributed by atoms with van der Waals surface area (Å²) in [5.74, 6) is -0.0269. The van der Waals surface area contributed by atoms with Gasteiger partial charge in [-0.25, -0.2) is 4.39 Å².